The Bertz CT molecular complexity index is 4450. The highest BCUT2D eigenvalue weighted by Gasteiger charge is 2.40. The molecule has 37 nitrogen and oxygen atoms in total. The van der Waals surface area contributed by atoms with E-state index < -0.39 is 217 Å². The first-order valence-electron chi connectivity index (χ1n) is 37.9. The number of anilines is 1. The fraction of sp³-hybridized carbons (Fsp3) is 0.405. The molecule has 0 radical (unpaired) electrons. The van der Waals surface area contributed by atoms with E-state index in [1.807, 2.05) is 0 Å². The topological polar surface area (TPSA) is 613 Å². The molecule has 0 spiro atoms. The molecule has 5 aromatic carbocycles. The molecule has 1 aliphatic heterocycles. The monoisotopic (exact) mass is 1670 g/mol. The van der Waals surface area contributed by atoms with Crippen molar-refractivity contribution in [2.24, 2.45) is 17.2 Å². The number of aromatic nitrogens is 1. The minimum atomic E-state index is -1.99. The van der Waals surface area contributed by atoms with Gasteiger partial charge in [0.05, 0.1) is 37.8 Å². The van der Waals surface area contributed by atoms with Gasteiger partial charge in [0.1, 0.15) is 72.5 Å². The van der Waals surface area contributed by atoms with E-state index in [-0.39, 0.29) is 45.1 Å². The number of benzene rings is 5. The third-order valence-corrected chi connectivity index (χ3v) is 21.2. The number of unbranched alkanes of at least 4 members (excludes halogenated alkanes) is 1. The minimum Gasteiger partial charge on any atom is -0.480 e. The summed E-state index contributed by atoms with van der Waals surface area (Å²) >= 11 is 0. The van der Waals surface area contributed by atoms with Crippen molar-refractivity contribution in [3.05, 3.63) is 174 Å². The van der Waals surface area contributed by atoms with Gasteiger partial charge in [-0.15, -0.1) is 0 Å². The number of aromatic amines is 1. The van der Waals surface area contributed by atoms with Gasteiger partial charge in [-0.2, -0.15) is 0 Å². The molecule has 39 heteroatoms. The maximum atomic E-state index is 15.4. The summed E-state index contributed by atoms with van der Waals surface area (Å²) in [4.78, 5) is 218. The van der Waals surface area contributed by atoms with Crippen LogP contribution in [0.3, 0.4) is 0 Å². The Morgan fingerprint density at radius 2 is 0.873 bits per heavy atom. The Balaban J connectivity index is 1.33. The lowest BCUT2D eigenvalue weighted by Gasteiger charge is -2.29. The number of fused-ring (bicyclic) bond motifs is 1. The van der Waals surface area contributed by atoms with Gasteiger partial charge in [0, 0.05) is 66.4 Å². The van der Waals surface area contributed by atoms with Gasteiger partial charge >= 0.3 is 5.97 Å². The molecule has 118 heavy (non-hydrogen) atoms. The molecule has 0 aliphatic carbocycles. The Morgan fingerprint density at radius 3 is 1.34 bits per heavy atom. The number of nitrogens with two attached hydrogens (primary N) is 4. The average Bonchev–Trinajstić information content (AvgIpc) is 1.65. The predicted octanol–water partition coefficient (Wildman–Crippen LogP) is -4.22. The van der Waals surface area contributed by atoms with Crippen molar-refractivity contribution < 1.29 is 92.3 Å². The molecule has 15 atom stereocenters. The summed E-state index contributed by atoms with van der Waals surface area (Å²) in [5.74, 6) is -18.0. The summed E-state index contributed by atoms with van der Waals surface area (Å²) < 4.78 is 0. The number of carboxylic acids is 1. The Kier molecular flexibility index (Phi) is 36.8. The van der Waals surface area contributed by atoms with Crippen LogP contribution < -0.4 is 92.1 Å². The first-order chi connectivity index (χ1) is 56.3. The van der Waals surface area contributed by atoms with Gasteiger partial charge in [-0.25, -0.2) is 4.79 Å². The number of carboxylic acid groups (broad SMARTS) is 1. The van der Waals surface area contributed by atoms with Crippen molar-refractivity contribution in [3.63, 3.8) is 0 Å². The SMILES string of the molecule is C[C@H](N)C(=O)NCC(=O)N[C@H]1CSSC[C@@H](C(=O)O)NC(=O)C(CO)NC(=O)[C@H]([C@@H](C)O)NC(=O)C(Cc2ccccc2)NC(=O)[C@H]([C@@H](C)O)NC(=O)[C@H](CCCCN)NC(=O)C(Cc2c[nH]c3ccccc23)NC(=O)[C@H](Cc2ccccc2)NC(=O)C(Cc2ccccc2)NC(=O)[C@H](CC(N)=O)NC(=O)[C@H](Cc2ccc(N)cc2)NC1=O. The lowest BCUT2D eigenvalue weighted by atomic mass is 10.00. The van der Waals surface area contributed by atoms with Gasteiger partial charge in [0.2, 0.25) is 82.7 Å². The van der Waals surface area contributed by atoms with Crippen LogP contribution in [-0.4, -0.2) is 236 Å². The number of aliphatic carboxylic acids is 1. The normalized spacial score (nSPS) is 23.4. The zero-order chi connectivity index (χ0) is 86.1. The van der Waals surface area contributed by atoms with Gasteiger partial charge < -0.3 is 117 Å². The molecular weight excluding hydrogens is 1570 g/mol. The second-order valence-electron chi connectivity index (χ2n) is 28.3. The van der Waals surface area contributed by atoms with E-state index in [4.69, 9.17) is 22.9 Å². The molecule has 0 saturated carbocycles. The van der Waals surface area contributed by atoms with Crippen LogP contribution in [-0.2, 0) is 104 Å². The first-order valence-corrected chi connectivity index (χ1v) is 40.4. The number of hydrogen-bond donors (Lipinski definition) is 22. The molecule has 634 valence electrons. The van der Waals surface area contributed by atoms with Crippen LogP contribution in [0.2, 0.25) is 0 Å². The lowest BCUT2D eigenvalue weighted by molar-refractivity contribution is -0.142. The van der Waals surface area contributed by atoms with Crippen molar-refractivity contribution in [3.8, 4) is 0 Å². The minimum absolute atomic E-state index is 0.126. The smallest absolute Gasteiger partial charge is 0.327 e. The summed E-state index contributed by atoms with van der Waals surface area (Å²) in [6.07, 6.45) is -4.19. The molecule has 2 heterocycles. The molecule has 26 N–H and O–H groups in total. The van der Waals surface area contributed by atoms with Gasteiger partial charge in [0.25, 0.3) is 0 Å². The summed E-state index contributed by atoms with van der Waals surface area (Å²) in [5.41, 5.74) is 26.5. The highest BCUT2D eigenvalue weighted by atomic mass is 33.1. The highest BCUT2D eigenvalue weighted by molar-refractivity contribution is 8.76. The van der Waals surface area contributed by atoms with E-state index in [0.717, 1.165) is 35.4 Å². The van der Waals surface area contributed by atoms with Crippen LogP contribution in [0.15, 0.2) is 146 Å². The van der Waals surface area contributed by atoms with Gasteiger partial charge in [-0.1, -0.05) is 143 Å². The van der Waals surface area contributed by atoms with E-state index in [9.17, 15) is 73.2 Å². The van der Waals surface area contributed by atoms with Gasteiger partial charge in [0.15, 0.2) is 0 Å². The largest absolute Gasteiger partial charge is 0.480 e. The Hall–Kier alpha value is -12.0. The van der Waals surface area contributed by atoms with Crippen molar-refractivity contribution in [1.29, 1.82) is 0 Å². The van der Waals surface area contributed by atoms with E-state index in [1.54, 1.807) is 121 Å². The number of H-pyrrole nitrogens is 1. The average molecular weight is 1670 g/mol. The second-order valence-corrected chi connectivity index (χ2v) is 30.8. The molecule has 4 unspecified atom stereocenters. The summed E-state index contributed by atoms with van der Waals surface area (Å²) in [5, 5.41) is 76.3. The number of nitrogen functional groups attached to an aromatic ring is 1. The van der Waals surface area contributed by atoms with E-state index in [2.05, 4.69) is 74.1 Å². The number of aliphatic hydroxyl groups is 3. The van der Waals surface area contributed by atoms with E-state index >= 15 is 19.2 Å². The third-order valence-electron chi connectivity index (χ3n) is 18.7. The van der Waals surface area contributed by atoms with E-state index in [0.29, 0.717) is 50.8 Å². The third kappa shape index (κ3) is 29.6. The quantitative estimate of drug-likeness (QED) is 0.0155. The van der Waals surface area contributed by atoms with Crippen molar-refractivity contribution >= 4 is 127 Å². The number of aliphatic hydroxyl groups excluding tert-OH is 3. The maximum Gasteiger partial charge on any atom is 0.327 e. The number of primary amides is 1. The molecule has 1 aromatic heterocycles. The van der Waals surface area contributed by atoms with Crippen molar-refractivity contribution in [2.45, 2.75) is 169 Å². The summed E-state index contributed by atoms with van der Waals surface area (Å²) in [7, 11) is 1.47. The molecule has 14 amide bonds. The van der Waals surface area contributed by atoms with Crippen LogP contribution in [0.1, 0.15) is 74.3 Å². The summed E-state index contributed by atoms with van der Waals surface area (Å²) in [6, 6.07) is 15.2. The number of carbonyl (C=O) groups is 15. The van der Waals surface area contributed by atoms with Gasteiger partial charge in [-0.05, 0) is 92.6 Å². The zero-order valence-corrected chi connectivity index (χ0v) is 66.6. The molecule has 6 aromatic rings. The number of amides is 14. The standard InChI is InChI=1S/C79H102N18O19S2/c1-42(81)67(103)85-38-64(102)86-61-40-117-118-41-62(79(115)116)95-75(111)60(39-98)94-78(114)66(44(3)100)97-74(110)57(33-47-21-11-6-12-22-47)93-77(113)65(43(2)99)96-68(104)53(25-15-16-30-80)87-72(108)58(35-49-37-84-52-24-14-13-23-51(49)52)91-70(106)55(32-46-19-9-5-10-20-46)88-69(105)54(31-45-17-7-4-8-18-45)89-73(109)59(36-63(83)101)92-71(107)56(90-76(61)112)34-48-26-28-50(82)29-27-48/h4-14,17-24,26-29,37,42-44,53-62,65-66,84,98-100H,15-16,25,30-36,38-41,80-82H2,1-3H3,(H2,83,101)(H,85,103)(H,86,102)(H,87,108)(H,88,105)(H,89,109)(H,90,112)(H,91,106)(H,92,107)(H,93,113)(H,94,114)(H,95,111)(H,96,104)(H,97,110)(H,115,116)/t42-,43+,44+,53-,54?,55-,56-,57?,58?,59-,60?,61-,62-,65-,66-/m0/s1. The number of para-hydroxylation sites is 1. The highest BCUT2D eigenvalue weighted by Crippen LogP contribution is 2.25. The van der Waals surface area contributed by atoms with Crippen LogP contribution in [0.25, 0.3) is 10.9 Å². The molecule has 7 rings (SSSR count). The molecule has 1 aliphatic rings. The maximum absolute atomic E-state index is 15.4. The number of hydrogen-bond acceptors (Lipinski definition) is 23. The van der Waals surface area contributed by atoms with Gasteiger partial charge in [-0.3, -0.25) is 67.1 Å². The molecule has 1 saturated heterocycles. The molecule has 0 bridgehead atoms. The fourth-order valence-electron chi connectivity index (χ4n) is 12.3. The van der Waals surface area contributed by atoms with Crippen LogP contribution in [0, 0.1) is 0 Å². The van der Waals surface area contributed by atoms with Crippen LogP contribution in [0.4, 0.5) is 5.69 Å². The Labute approximate surface area is 686 Å². The summed E-state index contributed by atoms with van der Waals surface area (Å²) in [6.45, 7) is 1.74. The molecular formula is C79H102N18O19S2. The lowest BCUT2D eigenvalue weighted by Crippen LogP contribution is -2.63. The van der Waals surface area contributed by atoms with Crippen LogP contribution in [0.5, 0.6) is 0 Å². The number of rotatable bonds is 24. The first kappa shape index (κ1) is 93.2. The zero-order valence-electron chi connectivity index (χ0n) is 65.0. The van der Waals surface area contributed by atoms with E-state index in [1.165, 1.54) is 31.2 Å². The second kappa shape index (κ2) is 46.7. The van der Waals surface area contributed by atoms with Crippen molar-refractivity contribution in [1.82, 2.24) is 74.1 Å². The predicted molar refractivity (Wildman–Crippen MR) is 437 cm³/mol. The Morgan fingerprint density at radius 1 is 0.475 bits per heavy atom. The fourth-order valence-corrected chi connectivity index (χ4v) is 14.6. The number of carbonyl (C=O) groups excluding carboxylic acids is 14. The van der Waals surface area contributed by atoms with Crippen LogP contribution >= 0.6 is 21.6 Å². The molecule has 1 fully saturated rings. The number of nitrogens with one attached hydrogen (secondary N) is 14. The van der Waals surface area contributed by atoms with Crippen molar-refractivity contribution in [2.75, 3.05) is 36.9 Å².